The summed E-state index contributed by atoms with van der Waals surface area (Å²) < 4.78 is 23.7. The summed E-state index contributed by atoms with van der Waals surface area (Å²) >= 11 is 1.68. The van der Waals surface area contributed by atoms with Crippen molar-refractivity contribution in [2.24, 2.45) is 5.41 Å². The van der Waals surface area contributed by atoms with E-state index in [-0.39, 0.29) is 42.9 Å². The average Bonchev–Trinajstić information content (AvgIpc) is 3.30. The van der Waals surface area contributed by atoms with Crippen molar-refractivity contribution in [2.75, 3.05) is 31.3 Å². The minimum absolute atomic E-state index is 0.0400. The van der Waals surface area contributed by atoms with E-state index in [1.807, 2.05) is 24.8 Å². The second-order valence-electron chi connectivity index (χ2n) is 10.3. The molecule has 2 rings (SSSR count). The van der Waals surface area contributed by atoms with Gasteiger partial charge in [0, 0.05) is 31.6 Å². The highest BCUT2D eigenvalue weighted by Crippen LogP contribution is 2.33. The van der Waals surface area contributed by atoms with Crippen LogP contribution in [0.25, 0.3) is 0 Å². The molecule has 2 atom stereocenters. The Hall–Kier alpha value is -2.39. The Kier molecular flexibility index (Phi) is 15.3. The third-order valence-electron chi connectivity index (χ3n) is 7.53. The Morgan fingerprint density at radius 3 is 2.52 bits per heavy atom. The molecule has 0 spiro atoms. The van der Waals surface area contributed by atoms with Gasteiger partial charge in [0.25, 0.3) is 0 Å². The molecule has 7 nitrogen and oxygen atoms in total. The van der Waals surface area contributed by atoms with Crippen molar-refractivity contribution in [1.29, 1.82) is 0 Å². The zero-order valence-corrected chi connectivity index (χ0v) is 25.1. The number of thioether (sulfide) groups is 1. The Labute approximate surface area is 242 Å². The minimum Gasteiger partial charge on any atom is -0.462 e. The summed E-state index contributed by atoms with van der Waals surface area (Å²) in [6, 6.07) is 6.02. The van der Waals surface area contributed by atoms with E-state index in [0.717, 1.165) is 49.2 Å². The van der Waals surface area contributed by atoms with E-state index < -0.39 is 11.5 Å². The van der Waals surface area contributed by atoms with Gasteiger partial charge < -0.3 is 19.5 Å². The molecule has 0 unspecified atom stereocenters. The number of benzene rings is 1. The highest BCUT2D eigenvalue weighted by atomic mass is 32.2. The Morgan fingerprint density at radius 1 is 1.15 bits per heavy atom. The molecule has 0 aromatic heterocycles. The van der Waals surface area contributed by atoms with Crippen LogP contribution in [0.3, 0.4) is 0 Å². The first-order valence-electron chi connectivity index (χ1n) is 14.6. The molecule has 1 amide bonds. The number of carbonyl (C=O) groups is 3. The summed E-state index contributed by atoms with van der Waals surface area (Å²) in [7, 11) is 0. The van der Waals surface area contributed by atoms with Crippen molar-refractivity contribution < 1.29 is 33.4 Å². The van der Waals surface area contributed by atoms with Gasteiger partial charge in [-0.2, -0.15) is 11.8 Å². The largest absolute Gasteiger partial charge is 0.462 e. The van der Waals surface area contributed by atoms with Crippen LogP contribution in [-0.2, 0) is 30.3 Å². The van der Waals surface area contributed by atoms with Gasteiger partial charge in [-0.05, 0) is 55.6 Å². The van der Waals surface area contributed by atoms with E-state index in [2.05, 4.69) is 6.92 Å². The Bertz CT molecular complexity index is 950. The Morgan fingerprint density at radius 2 is 1.85 bits per heavy atom. The van der Waals surface area contributed by atoms with Crippen molar-refractivity contribution in [2.45, 2.75) is 90.7 Å². The molecule has 224 valence electrons. The summed E-state index contributed by atoms with van der Waals surface area (Å²) in [5.41, 5.74) is 0.400. The highest BCUT2D eigenvalue weighted by molar-refractivity contribution is 7.99. The van der Waals surface area contributed by atoms with Crippen molar-refractivity contribution in [3.63, 3.8) is 0 Å². The summed E-state index contributed by atoms with van der Waals surface area (Å²) in [5, 5.41) is 10.3. The van der Waals surface area contributed by atoms with Gasteiger partial charge in [-0.15, -0.1) is 0 Å². The number of esters is 2. The highest BCUT2D eigenvalue weighted by Gasteiger charge is 2.35. The first-order chi connectivity index (χ1) is 19.2. The van der Waals surface area contributed by atoms with Gasteiger partial charge in [0.1, 0.15) is 19.0 Å². The molecule has 1 aromatic carbocycles. The van der Waals surface area contributed by atoms with E-state index in [0.29, 0.717) is 32.2 Å². The summed E-state index contributed by atoms with van der Waals surface area (Å²) in [5.74, 6) is 0.823. The predicted molar refractivity (Wildman–Crippen MR) is 156 cm³/mol. The molecule has 1 N–H and O–H groups in total. The van der Waals surface area contributed by atoms with E-state index >= 15 is 0 Å². The lowest BCUT2D eigenvalue weighted by molar-refractivity contribution is -0.161. The van der Waals surface area contributed by atoms with Crippen LogP contribution in [-0.4, -0.2) is 71.3 Å². The lowest BCUT2D eigenvalue weighted by atomic mass is 9.78. The molecule has 0 saturated carbocycles. The number of aliphatic hydroxyl groups excluding tert-OH is 1. The fourth-order valence-electron chi connectivity index (χ4n) is 5.00. The number of nitrogens with zero attached hydrogens (tertiary/aromatic N) is 1. The smallest absolute Gasteiger partial charge is 0.312 e. The Balaban J connectivity index is 1.59. The maximum absolute atomic E-state index is 13.1. The van der Waals surface area contributed by atoms with E-state index in [1.54, 1.807) is 30.0 Å². The average molecular weight is 580 g/mol. The first kappa shape index (κ1) is 33.8. The SMILES string of the molecule is CCCC(CC)(CC)C(=O)OCCOC(=O)CCCSCCN1C(=O)CC[C@@H]1/C=C/[C@@H](O)Cc1ccc(F)cc1. The van der Waals surface area contributed by atoms with Gasteiger partial charge in [-0.3, -0.25) is 14.4 Å². The summed E-state index contributed by atoms with van der Waals surface area (Å²) in [4.78, 5) is 38.7. The normalized spacial score (nSPS) is 16.5. The molecular formula is C31H46FNO6S. The molecule has 9 heteroatoms. The first-order valence-corrected chi connectivity index (χ1v) is 15.7. The molecule has 1 aliphatic heterocycles. The number of ether oxygens (including phenoxy) is 2. The monoisotopic (exact) mass is 579 g/mol. The van der Waals surface area contributed by atoms with E-state index in [9.17, 15) is 23.9 Å². The summed E-state index contributed by atoms with van der Waals surface area (Å²) in [6.45, 7) is 6.81. The van der Waals surface area contributed by atoms with E-state index in [1.165, 1.54) is 12.1 Å². The second kappa shape index (κ2) is 18.1. The number of hydrogen-bond acceptors (Lipinski definition) is 7. The van der Waals surface area contributed by atoms with Crippen LogP contribution in [0.1, 0.15) is 77.7 Å². The number of amides is 1. The molecule has 1 fully saturated rings. The van der Waals surface area contributed by atoms with Crippen molar-refractivity contribution in [3.05, 3.63) is 47.8 Å². The van der Waals surface area contributed by atoms with Crippen molar-refractivity contribution in [1.82, 2.24) is 4.90 Å². The van der Waals surface area contributed by atoms with Crippen molar-refractivity contribution in [3.8, 4) is 0 Å². The second-order valence-corrected chi connectivity index (χ2v) is 11.5. The molecule has 1 heterocycles. The van der Waals surface area contributed by atoms with Crippen LogP contribution in [0.4, 0.5) is 4.39 Å². The number of hydrogen-bond donors (Lipinski definition) is 1. The summed E-state index contributed by atoms with van der Waals surface area (Å²) in [6.07, 6.45) is 8.65. The van der Waals surface area contributed by atoms with Crippen LogP contribution in [0.15, 0.2) is 36.4 Å². The molecule has 1 aliphatic rings. The standard InChI is InChI=1S/C31H46FNO6S/c1-4-17-31(5-2,6-3)30(37)39-20-19-38-29(36)8-7-21-40-22-18-33-26(14-16-28(33)35)13-15-27(34)23-24-9-11-25(32)12-10-24/h9-13,15,26-27,34H,4-8,14,16-23H2,1-3H3/b15-13+/t26-,27+/m0/s1. The van der Waals surface area contributed by atoms with Crippen LogP contribution >= 0.6 is 11.8 Å². The molecule has 1 saturated heterocycles. The van der Waals surface area contributed by atoms with E-state index in [4.69, 9.17) is 9.47 Å². The lowest BCUT2D eigenvalue weighted by Gasteiger charge is -2.28. The van der Waals surface area contributed by atoms with Gasteiger partial charge in [-0.25, -0.2) is 4.39 Å². The topological polar surface area (TPSA) is 93.1 Å². The fourth-order valence-corrected chi connectivity index (χ4v) is 5.88. The maximum atomic E-state index is 13.1. The molecular weight excluding hydrogens is 533 g/mol. The van der Waals surface area contributed by atoms with Crippen LogP contribution in [0.5, 0.6) is 0 Å². The fraction of sp³-hybridized carbons (Fsp3) is 0.645. The number of carbonyl (C=O) groups excluding carboxylic acids is 3. The van der Waals surface area contributed by atoms with Gasteiger partial charge in [0.2, 0.25) is 5.91 Å². The minimum atomic E-state index is -0.702. The number of rotatable bonds is 19. The quantitative estimate of drug-likeness (QED) is 0.132. The van der Waals surface area contributed by atoms with Crippen LogP contribution < -0.4 is 0 Å². The number of halogens is 1. The molecule has 40 heavy (non-hydrogen) atoms. The van der Waals surface area contributed by atoms with Gasteiger partial charge in [0.05, 0.1) is 17.6 Å². The third-order valence-corrected chi connectivity index (χ3v) is 8.58. The number of likely N-dealkylation sites (tertiary alicyclic amines) is 1. The maximum Gasteiger partial charge on any atom is 0.312 e. The van der Waals surface area contributed by atoms with Gasteiger partial charge in [0.15, 0.2) is 0 Å². The van der Waals surface area contributed by atoms with Crippen molar-refractivity contribution >= 4 is 29.6 Å². The predicted octanol–water partition coefficient (Wildman–Crippen LogP) is 5.48. The van der Waals surface area contributed by atoms with Gasteiger partial charge in [-0.1, -0.05) is 51.5 Å². The molecule has 0 bridgehead atoms. The zero-order chi connectivity index (χ0) is 29.4. The number of aliphatic hydroxyl groups is 1. The van der Waals surface area contributed by atoms with Crippen LogP contribution in [0, 0.1) is 11.2 Å². The lowest BCUT2D eigenvalue weighted by Crippen LogP contribution is -2.34. The molecule has 0 aliphatic carbocycles. The van der Waals surface area contributed by atoms with Crippen LogP contribution in [0.2, 0.25) is 0 Å². The third kappa shape index (κ3) is 11.2. The zero-order valence-electron chi connectivity index (χ0n) is 24.2. The van der Waals surface area contributed by atoms with Gasteiger partial charge >= 0.3 is 11.9 Å². The molecule has 1 aromatic rings. The molecule has 0 radical (unpaired) electrons.